The van der Waals surface area contributed by atoms with Crippen LogP contribution in [-0.4, -0.2) is 60.9 Å². The first-order valence-electron chi connectivity index (χ1n) is 12.2. The summed E-state index contributed by atoms with van der Waals surface area (Å²) in [5.41, 5.74) is 2.53. The second-order valence-corrected chi connectivity index (χ2v) is 10.1. The Bertz CT molecular complexity index is 1090. The number of aliphatic hydroxyl groups is 2. The van der Waals surface area contributed by atoms with E-state index in [9.17, 15) is 10.2 Å². The van der Waals surface area contributed by atoms with Gasteiger partial charge in [-0.3, -0.25) is 0 Å². The fourth-order valence-corrected chi connectivity index (χ4v) is 5.21. The fraction of sp³-hybridized carbons (Fsp3) is 0.379. The van der Waals surface area contributed by atoms with Crippen molar-refractivity contribution in [2.24, 2.45) is 0 Å². The highest BCUT2D eigenvalue weighted by molar-refractivity contribution is 7.99. The topological polar surface area (TPSA) is 86.6 Å². The molecule has 0 radical (unpaired) electrons. The number of rotatable bonds is 11. The summed E-state index contributed by atoms with van der Waals surface area (Å²) in [6.45, 7) is 2.25. The maximum Gasteiger partial charge on any atom is 0.137 e. The molecule has 2 N–H and O–H groups in total. The van der Waals surface area contributed by atoms with Crippen molar-refractivity contribution in [1.29, 1.82) is 0 Å². The zero-order valence-electron chi connectivity index (χ0n) is 21.3. The summed E-state index contributed by atoms with van der Waals surface area (Å²) >= 11 is 1.49. The van der Waals surface area contributed by atoms with Crippen LogP contribution in [0, 0.1) is 6.92 Å². The minimum atomic E-state index is -1.07. The Balaban J connectivity index is 1.56. The van der Waals surface area contributed by atoms with Crippen LogP contribution in [0.15, 0.2) is 77.7 Å². The van der Waals surface area contributed by atoms with E-state index < -0.39 is 29.9 Å². The van der Waals surface area contributed by atoms with E-state index in [4.69, 9.17) is 23.7 Å². The lowest BCUT2D eigenvalue weighted by Gasteiger charge is -2.43. The first-order chi connectivity index (χ1) is 18.0. The Morgan fingerprint density at radius 3 is 1.76 bits per heavy atom. The van der Waals surface area contributed by atoms with Crippen molar-refractivity contribution in [3.05, 3.63) is 89.5 Å². The number of thioether (sulfide) groups is 1. The van der Waals surface area contributed by atoms with Crippen molar-refractivity contribution in [2.75, 3.05) is 20.8 Å². The van der Waals surface area contributed by atoms with Crippen molar-refractivity contribution in [3.63, 3.8) is 0 Å². The van der Waals surface area contributed by atoms with Crippen molar-refractivity contribution in [3.8, 4) is 11.5 Å². The minimum absolute atomic E-state index is 0.258. The monoisotopic (exact) mass is 526 g/mol. The van der Waals surface area contributed by atoms with Gasteiger partial charge in [0.2, 0.25) is 0 Å². The first kappa shape index (κ1) is 27.4. The van der Waals surface area contributed by atoms with E-state index >= 15 is 0 Å². The molecular formula is C29H34O7S. The summed E-state index contributed by atoms with van der Waals surface area (Å²) < 4.78 is 29.3. The van der Waals surface area contributed by atoms with Crippen LogP contribution in [0.25, 0.3) is 0 Å². The third kappa shape index (κ3) is 7.25. The standard InChI is InChI=1S/C29H34O7S/c1-19-4-14-24(15-5-19)37-29-28(35-18-21-8-12-23(33-3)13-9-21)27(26(31)25(16-30)36-29)34-17-20-6-10-22(32-2)11-7-20/h4-15,25-31H,16-18H2,1-3H3/t25-,26-,27+,28-,29+/m1/s1. The number of ether oxygens (including phenoxy) is 5. The third-order valence-electron chi connectivity index (χ3n) is 6.27. The Kier molecular flexibility index (Phi) is 9.85. The molecule has 1 aliphatic heterocycles. The molecule has 4 rings (SSSR count). The van der Waals surface area contributed by atoms with Crippen LogP contribution in [0.4, 0.5) is 0 Å². The smallest absolute Gasteiger partial charge is 0.137 e. The Morgan fingerprint density at radius 1 is 0.757 bits per heavy atom. The maximum atomic E-state index is 11.1. The van der Waals surface area contributed by atoms with Gasteiger partial charge in [-0.15, -0.1) is 0 Å². The molecule has 0 spiro atoms. The average molecular weight is 527 g/mol. The SMILES string of the molecule is COc1ccc(CO[C@@H]2[C@@H](OCc3ccc(OC)cc3)[C@H](O)[C@@H](CO)O[C@H]2Sc2ccc(C)cc2)cc1. The molecule has 1 aliphatic rings. The van der Waals surface area contributed by atoms with Crippen LogP contribution in [0.1, 0.15) is 16.7 Å². The van der Waals surface area contributed by atoms with E-state index in [0.717, 1.165) is 33.1 Å². The molecule has 0 saturated carbocycles. The van der Waals surface area contributed by atoms with Crippen LogP contribution >= 0.6 is 11.8 Å². The van der Waals surface area contributed by atoms with Crippen molar-refractivity contribution in [1.82, 2.24) is 0 Å². The summed E-state index contributed by atoms with van der Waals surface area (Å²) in [4.78, 5) is 0.996. The molecule has 0 bridgehead atoms. The third-order valence-corrected chi connectivity index (χ3v) is 7.43. The molecule has 1 fully saturated rings. The van der Waals surface area contributed by atoms with E-state index in [2.05, 4.69) is 0 Å². The first-order valence-corrected chi connectivity index (χ1v) is 13.1. The van der Waals surface area contributed by atoms with E-state index in [-0.39, 0.29) is 13.2 Å². The maximum absolute atomic E-state index is 11.1. The molecule has 0 aromatic heterocycles. The second kappa shape index (κ2) is 13.3. The molecule has 7 nitrogen and oxygen atoms in total. The van der Waals surface area contributed by atoms with E-state index in [0.29, 0.717) is 6.61 Å². The molecule has 37 heavy (non-hydrogen) atoms. The van der Waals surface area contributed by atoms with Gasteiger partial charge in [0, 0.05) is 4.90 Å². The number of hydrogen-bond donors (Lipinski definition) is 2. The van der Waals surface area contributed by atoms with Gasteiger partial charge in [0.15, 0.2) is 0 Å². The fourth-order valence-electron chi connectivity index (χ4n) is 4.08. The Morgan fingerprint density at radius 2 is 1.27 bits per heavy atom. The number of hydrogen-bond acceptors (Lipinski definition) is 8. The minimum Gasteiger partial charge on any atom is -0.497 e. The number of methoxy groups -OCH3 is 2. The molecule has 1 heterocycles. The van der Waals surface area contributed by atoms with Gasteiger partial charge in [0.1, 0.15) is 41.4 Å². The van der Waals surface area contributed by atoms with Gasteiger partial charge in [-0.2, -0.15) is 0 Å². The molecule has 1 saturated heterocycles. The Labute approximate surface area is 222 Å². The highest BCUT2D eigenvalue weighted by Crippen LogP contribution is 2.37. The second-order valence-electron chi connectivity index (χ2n) is 8.89. The van der Waals surface area contributed by atoms with E-state index in [1.807, 2.05) is 79.7 Å². The predicted molar refractivity (Wildman–Crippen MR) is 142 cm³/mol. The lowest BCUT2D eigenvalue weighted by molar-refractivity contribution is -0.237. The summed E-state index contributed by atoms with van der Waals surface area (Å²) in [5.74, 6) is 1.52. The van der Waals surface area contributed by atoms with Gasteiger partial charge < -0.3 is 33.9 Å². The molecular weight excluding hydrogens is 492 g/mol. The quantitative estimate of drug-likeness (QED) is 0.381. The number of aliphatic hydroxyl groups excluding tert-OH is 2. The van der Waals surface area contributed by atoms with E-state index in [1.54, 1.807) is 14.2 Å². The molecule has 0 amide bonds. The Hall–Kier alpha value is -2.59. The van der Waals surface area contributed by atoms with Crippen molar-refractivity contribution in [2.45, 2.75) is 54.9 Å². The molecule has 0 aliphatic carbocycles. The van der Waals surface area contributed by atoms with Crippen molar-refractivity contribution >= 4 is 11.8 Å². The highest BCUT2D eigenvalue weighted by atomic mass is 32.2. The van der Waals surface area contributed by atoms with Crippen LogP contribution in [0.2, 0.25) is 0 Å². The van der Waals surface area contributed by atoms with Gasteiger partial charge in [0.25, 0.3) is 0 Å². The van der Waals surface area contributed by atoms with Gasteiger partial charge in [-0.05, 0) is 54.4 Å². The number of aryl methyl sites for hydroxylation is 1. The van der Waals surface area contributed by atoms with Crippen LogP contribution in [0.3, 0.4) is 0 Å². The van der Waals surface area contributed by atoms with Crippen LogP contribution in [-0.2, 0) is 27.4 Å². The molecule has 3 aromatic carbocycles. The summed E-state index contributed by atoms with van der Waals surface area (Å²) in [7, 11) is 3.25. The average Bonchev–Trinajstić information content (AvgIpc) is 2.94. The van der Waals surface area contributed by atoms with Gasteiger partial charge in [0.05, 0.1) is 34.0 Å². The summed E-state index contributed by atoms with van der Waals surface area (Å²) in [6, 6.07) is 23.3. The summed E-state index contributed by atoms with van der Waals surface area (Å²) in [5, 5.41) is 21.1. The zero-order chi connectivity index (χ0) is 26.2. The van der Waals surface area contributed by atoms with E-state index in [1.165, 1.54) is 11.8 Å². The molecule has 198 valence electrons. The molecule has 5 atom stereocenters. The summed E-state index contributed by atoms with van der Waals surface area (Å²) in [6.07, 6.45) is -3.21. The van der Waals surface area contributed by atoms with Gasteiger partial charge >= 0.3 is 0 Å². The molecule has 3 aromatic rings. The number of benzene rings is 3. The zero-order valence-corrected chi connectivity index (χ0v) is 22.1. The lowest BCUT2D eigenvalue weighted by atomic mass is 9.99. The molecule has 0 unspecified atom stereocenters. The van der Waals surface area contributed by atoms with Crippen LogP contribution in [0.5, 0.6) is 11.5 Å². The van der Waals surface area contributed by atoms with Gasteiger partial charge in [-0.1, -0.05) is 53.7 Å². The van der Waals surface area contributed by atoms with Crippen LogP contribution < -0.4 is 9.47 Å². The lowest BCUT2D eigenvalue weighted by Crippen LogP contribution is -2.59. The van der Waals surface area contributed by atoms with Gasteiger partial charge in [-0.25, -0.2) is 0 Å². The highest BCUT2D eigenvalue weighted by Gasteiger charge is 2.47. The predicted octanol–water partition coefficient (Wildman–Crippen LogP) is 4.35. The normalized spacial score (nSPS) is 23.5. The van der Waals surface area contributed by atoms with Crippen molar-refractivity contribution < 1.29 is 33.9 Å². The molecule has 8 heteroatoms. The largest absolute Gasteiger partial charge is 0.497 e.